The van der Waals surface area contributed by atoms with Gasteiger partial charge in [0.2, 0.25) is 0 Å². The number of fused-ring (bicyclic) bond motifs is 1. The lowest BCUT2D eigenvalue weighted by Crippen LogP contribution is -2.23. The van der Waals surface area contributed by atoms with Crippen LogP contribution in [0, 0.1) is 5.82 Å². The number of carbonyl (C=O) groups is 3. The summed E-state index contributed by atoms with van der Waals surface area (Å²) >= 11 is 1.15. The maximum atomic E-state index is 13.3. The quantitative estimate of drug-likeness (QED) is 0.777. The van der Waals surface area contributed by atoms with E-state index in [1.54, 1.807) is 0 Å². The molecule has 1 aromatic heterocycles. The lowest BCUT2D eigenvalue weighted by molar-refractivity contribution is -0.139. The summed E-state index contributed by atoms with van der Waals surface area (Å²) in [6, 6.07) is 5.13. The Morgan fingerprint density at radius 1 is 1.32 bits per heavy atom. The number of nitrogens with one attached hydrogen (secondary N) is 1. The highest BCUT2D eigenvalue weighted by molar-refractivity contribution is 7.17. The van der Waals surface area contributed by atoms with Crippen molar-refractivity contribution < 1.29 is 23.9 Å². The first kappa shape index (κ1) is 17.1. The van der Waals surface area contributed by atoms with Gasteiger partial charge in [-0.2, -0.15) is 0 Å². The molecule has 0 fully saturated rings. The van der Waals surface area contributed by atoms with Gasteiger partial charge in [0.15, 0.2) is 0 Å². The largest absolute Gasteiger partial charge is 0.481 e. The van der Waals surface area contributed by atoms with E-state index in [4.69, 9.17) is 5.73 Å². The molecule has 1 aliphatic carbocycles. The molecule has 3 rings (SSSR count). The molecule has 0 spiro atoms. The number of carboxylic acids is 1. The fourth-order valence-electron chi connectivity index (χ4n) is 3.04. The van der Waals surface area contributed by atoms with Gasteiger partial charge in [-0.3, -0.25) is 14.4 Å². The lowest BCUT2D eigenvalue weighted by atomic mass is 9.85. The van der Waals surface area contributed by atoms with Gasteiger partial charge in [-0.1, -0.05) is 6.07 Å². The number of nitrogens with two attached hydrogens (primary N) is 1. The van der Waals surface area contributed by atoms with E-state index in [1.807, 2.05) is 0 Å². The molecule has 1 aromatic carbocycles. The van der Waals surface area contributed by atoms with Crippen LogP contribution in [0.1, 0.15) is 49.9 Å². The van der Waals surface area contributed by atoms with Crippen molar-refractivity contribution in [1.82, 2.24) is 0 Å². The molecular weight excluding hydrogens is 347 g/mol. The minimum Gasteiger partial charge on any atom is -0.481 e. The van der Waals surface area contributed by atoms with Crippen LogP contribution in [-0.2, 0) is 11.2 Å². The fraction of sp³-hybridized carbons (Fsp3) is 0.235. The van der Waals surface area contributed by atoms with Crippen molar-refractivity contribution in [3.63, 3.8) is 0 Å². The zero-order valence-electron chi connectivity index (χ0n) is 13.0. The Labute approximate surface area is 146 Å². The van der Waals surface area contributed by atoms with Crippen LogP contribution >= 0.6 is 11.3 Å². The number of carboxylic acid groups (broad SMARTS) is 1. The van der Waals surface area contributed by atoms with Gasteiger partial charge in [0.05, 0.1) is 11.5 Å². The van der Waals surface area contributed by atoms with Crippen molar-refractivity contribution in [1.29, 1.82) is 0 Å². The number of benzene rings is 1. The van der Waals surface area contributed by atoms with Crippen LogP contribution < -0.4 is 11.1 Å². The second-order valence-corrected chi connectivity index (χ2v) is 6.86. The third-order valence-electron chi connectivity index (χ3n) is 4.13. The van der Waals surface area contributed by atoms with E-state index in [0.29, 0.717) is 24.8 Å². The van der Waals surface area contributed by atoms with Crippen molar-refractivity contribution in [3.05, 3.63) is 51.7 Å². The summed E-state index contributed by atoms with van der Waals surface area (Å²) in [5, 5.41) is 12.2. The molecule has 1 aliphatic rings. The van der Waals surface area contributed by atoms with Gasteiger partial charge in [-0.05, 0) is 43.0 Å². The summed E-state index contributed by atoms with van der Waals surface area (Å²) in [6.07, 6.45) is 1.72. The van der Waals surface area contributed by atoms with Gasteiger partial charge in [0.25, 0.3) is 11.8 Å². The first-order valence-electron chi connectivity index (χ1n) is 7.63. The van der Waals surface area contributed by atoms with Crippen LogP contribution in [-0.4, -0.2) is 22.9 Å². The van der Waals surface area contributed by atoms with E-state index >= 15 is 0 Å². The second kappa shape index (κ2) is 6.64. The summed E-state index contributed by atoms with van der Waals surface area (Å²) in [5.74, 6) is -3.78. The number of rotatable bonds is 4. The minimum atomic E-state index is -1.02. The van der Waals surface area contributed by atoms with Crippen molar-refractivity contribution in [2.45, 2.75) is 25.2 Å². The lowest BCUT2D eigenvalue weighted by Gasteiger charge is -2.19. The molecule has 2 aromatic rings. The van der Waals surface area contributed by atoms with Gasteiger partial charge in [0, 0.05) is 10.4 Å². The third-order valence-corrected chi connectivity index (χ3v) is 5.31. The maximum absolute atomic E-state index is 13.3. The molecule has 8 heteroatoms. The Balaban J connectivity index is 2.01. The van der Waals surface area contributed by atoms with E-state index in [-0.39, 0.29) is 16.1 Å². The number of thiophene rings is 1. The Bertz CT molecular complexity index is 878. The van der Waals surface area contributed by atoms with Crippen LogP contribution in [0.2, 0.25) is 0 Å². The SMILES string of the molecule is NC(=O)c1c(NC(=O)c2cccc(F)c2)sc2c1C(C(=O)O)CCC2. The smallest absolute Gasteiger partial charge is 0.311 e. The fourth-order valence-corrected chi connectivity index (χ4v) is 4.34. The summed E-state index contributed by atoms with van der Waals surface area (Å²) < 4.78 is 13.3. The number of primary amides is 1. The van der Waals surface area contributed by atoms with E-state index < -0.39 is 29.5 Å². The van der Waals surface area contributed by atoms with Gasteiger partial charge < -0.3 is 16.2 Å². The molecule has 0 saturated carbocycles. The van der Waals surface area contributed by atoms with Gasteiger partial charge in [-0.15, -0.1) is 11.3 Å². The monoisotopic (exact) mass is 362 g/mol. The van der Waals surface area contributed by atoms with E-state index in [1.165, 1.54) is 18.2 Å². The molecular formula is C17H15FN2O4S. The molecule has 0 aliphatic heterocycles. The first-order valence-corrected chi connectivity index (χ1v) is 8.45. The van der Waals surface area contributed by atoms with E-state index in [9.17, 15) is 23.9 Å². The Kier molecular flexibility index (Phi) is 4.54. The van der Waals surface area contributed by atoms with Gasteiger partial charge in [-0.25, -0.2) is 4.39 Å². The minimum absolute atomic E-state index is 0.0388. The summed E-state index contributed by atoms with van der Waals surface area (Å²) in [6.45, 7) is 0. The molecule has 6 nitrogen and oxygen atoms in total. The van der Waals surface area contributed by atoms with Crippen LogP contribution in [0.5, 0.6) is 0 Å². The van der Waals surface area contributed by atoms with Crippen molar-refractivity contribution >= 4 is 34.1 Å². The molecule has 130 valence electrons. The van der Waals surface area contributed by atoms with Crippen molar-refractivity contribution in [2.75, 3.05) is 5.32 Å². The summed E-state index contributed by atoms with van der Waals surface area (Å²) in [4.78, 5) is 36.5. The molecule has 0 bridgehead atoms. The number of carbonyl (C=O) groups excluding carboxylic acids is 2. The number of halogens is 1. The average molecular weight is 362 g/mol. The van der Waals surface area contributed by atoms with Gasteiger partial charge >= 0.3 is 5.97 Å². The number of aliphatic carboxylic acids is 1. The highest BCUT2D eigenvalue weighted by Crippen LogP contribution is 2.43. The normalized spacial score (nSPS) is 16.1. The first-order chi connectivity index (χ1) is 11.9. The van der Waals surface area contributed by atoms with E-state index in [2.05, 4.69) is 5.32 Å². The third kappa shape index (κ3) is 3.25. The van der Waals surface area contributed by atoms with Crippen LogP contribution in [0.3, 0.4) is 0 Å². The number of aryl methyl sites for hydroxylation is 1. The number of amides is 2. The molecule has 1 atom stereocenters. The standard InChI is InChI=1S/C17H15FN2O4S/c18-9-4-1-3-8(7-9)15(22)20-16-13(14(19)21)12-10(17(23)24)5-2-6-11(12)25-16/h1,3-4,7,10H,2,5-6H2,(H2,19,21)(H,20,22)(H,23,24). The Morgan fingerprint density at radius 2 is 2.08 bits per heavy atom. The average Bonchev–Trinajstić information content (AvgIpc) is 2.92. The van der Waals surface area contributed by atoms with Crippen LogP contribution in [0.4, 0.5) is 9.39 Å². The molecule has 0 saturated heterocycles. The van der Waals surface area contributed by atoms with Crippen molar-refractivity contribution in [3.8, 4) is 0 Å². The topological polar surface area (TPSA) is 109 Å². The van der Waals surface area contributed by atoms with Gasteiger partial charge in [0.1, 0.15) is 10.8 Å². The Hall–Kier alpha value is -2.74. The second-order valence-electron chi connectivity index (χ2n) is 5.75. The molecule has 1 unspecified atom stereocenters. The highest BCUT2D eigenvalue weighted by atomic mass is 32.1. The zero-order valence-corrected chi connectivity index (χ0v) is 13.9. The van der Waals surface area contributed by atoms with Crippen LogP contribution in [0.25, 0.3) is 0 Å². The molecule has 25 heavy (non-hydrogen) atoms. The summed E-state index contributed by atoms with van der Waals surface area (Å²) in [5.41, 5.74) is 5.97. The Morgan fingerprint density at radius 3 is 2.72 bits per heavy atom. The summed E-state index contributed by atoms with van der Waals surface area (Å²) in [7, 11) is 0. The molecule has 2 amide bonds. The number of anilines is 1. The predicted octanol–water partition coefficient (Wildman–Crippen LogP) is 2.74. The predicted molar refractivity (Wildman–Crippen MR) is 90.5 cm³/mol. The number of hydrogen-bond acceptors (Lipinski definition) is 4. The zero-order chi connectivity index (χ0) is 18.1. The molecule has 1 heterocycles. The van der Waals surface area contributed by atoms with E-state index in [0.717, 1.165) is 22.3 Å². The maximum Gasteiger partial charge on any atom is 0.311 e. The number of hydrogen-bond donors (Lipinski definition) is 3. The van der Waals surface area contributed by atoms with Crippen LogP contribution in [0.15, 0.2) is 24.3 Å². The highest BCUT2D eigenvalue weighted by Gasteiger charge is 2.34. The molecule has 0 radical (unpaired) electrons. The van der Waals surface area contributed by atoms with Crippen molar-refractivity contribution in [2.24, 2.45) is 5.73 Å². The molecule has 4 N–H and O–H groups in total.